The third-order valence-corrected chi connectivity index (χ3v) is 8.53. The highest BCUT2D eigenvalue weighted by Gasteiger charge is 2.49. The largest absolute Gasteiger partial charge is 0.381 e. The summed E-state index contributed by atoms with van der Waals surface area (Å²) in [5, 5.41) is 11.4. The second-order valence-corrected chi connectivity index (χ2v) is 11.3. The van der Waals surface area contributed by atoms with Crippen molar-refractivity contribution >= 4 is 17.4 Å². The van der Waals surface area contributed by atoms with Crippen molar-refractivity contribution in [2.24, 2.45) is 13.0 Å². The molecule has 1 amide bonds. The molecule has 2 fully saturated rings. The third-order valence-electron chi connectivity index (χ3n) is 8.53. The number of carbonyl (C=O) groups excluding carboxylic acids is 1. The summed E-state index contributed by atoms with van der Waals surface area (Å²) in [5.41, 5.74) is 9.94. The standard InChI is InChI=1S/C29H34N6O2/c1-34(2)15-24-18(16-8-10-37-11-9-16)5-7-25(32-24)31-22-6-4-19(21-14-30-29(36)27(21)22)28-26-20-12-17(20)13-23(26)33-35(28)3/h4-7,16-17,20H,8-15H2,1-3H3,(H,30,36)(H,31,32). The Morgan fingerprint density at radius 1 is 1.19 bits per heavy atom. The molecule has 1 saturated carbocycles. The Labute approximate surface area is 217 Å². The Balaban J connectivity index is 1.25. The fraction of sp³-hybridized carbons (Fsp3) is 0.483. The molecule has 0 spiro atoms. The Bertz CT molecular complexity index is 1400. The van der Waals surface area contributed by atoms with Crippen LogP contribution in [-0.2, 0) is 31.3 Å². The number of hydrogen-bond donors (Lipinski definition) is 2. The molecular weight excluding hydrogens is 464 g/mol. The van der Waals surface area contributed by atoms with Gasteiger partial charge in [-0.2, -0.15) is 5.10 Å². The summed E-state index contributed by atoms with van der Waals surface area (Å²) >= 11 is 0. The summed E-state index contributed by atoms with van der Waals surface area (Å²) < 4.78 is 7.61. The predicted molar refractivity (Wildman–Crippen MR) is 142 cm³/mol. The van der Waals surface area contributed by atoms with Crippen LogP contribution in [0.15, 0.2) is 24.3 Å². The molecule has 0 bridgehead atoms. The van der Waals surface area contributed by atoms with Gasteiger partial charge in [0.2, 0.25) is 0 Å². The number of rotatable bonds is 6. The van der Waals surface area contributed by atoms with E-state index in [4.69, 9.17) is 14.8 Å². The smallest absolute Gasteiger partial charge is 0.254 e. The van der Waals surface area contributed by atoms with E-state index in [-0.39, 0.29) is 5.91 Å². The maximum Gasteiger partial charge on any atom is 0.254 e. The van der Waals surface area contributed by atoms with Gasteiger partial charge >= 0.3 is 0 Å². The van der Waals surface area contributed by atoms with Gasteiger partial charge in [0.25, 0.3) is 5.91 Å². The Kier molecular flexibility index (Phi) is 5.37. The lowest BCUT2D eigenvalue weighted by molar-refractivity contribution is 0.0849. The van der Waals surface area contributed by atoms with Crippen LogP contribution in [0.4, 0.5) is 11.5 Å². The number of nitrogens with zero attached hydrogens (tertiary/aromatic N) is 4. The van der Waals surface area contributed by atoms with Crippen molar-refractivity contribution in [1.29, 1.82) is 0 Å². The highest BCUT2D eigenvalue weighted by molar-refractivity contribution is 6.06. The van der Waals surface area contributed by atoms with Crippen molar-refractivity contribution in [3.8, 4) is 11.3 Å². The van der Waals surface area contributed by atoms with Gasteiger partial charge in [0, 0.05) is 44.5 Å². The minimum Gasteiger partial charge on any atom is -0.381 e. The van der Waals surface area contributed by atoms with Gasteiger partial charge in [0.1, 0.15) is 5.82 Å². The molecule has 2 atom stereocenters. The summed E-state index contributed by atoms with van der Waals surface area (Å²) in [7, 11) is 6.18. The number of anilines is 2. The molecule has 7 rings (SSSR count). The van der Waals surface area contributed by atoms with Crippen LogP contribution in [0.25, 0.3) is 11.3 Å². The van der Waals surface area contributed by atoms with Crippen LogP contribution in [0.3, 0.4) is 0 Å². The molecule has 192 valence electrons. The molecule has 1 aromatic carbocycles. The van der Waals surface area contributed by atoms with E-state index in [1.807, 2.05) is 17.8 Å². The minimum absolute atomic E-state index is 0.0326. The molecule has 2 aromatic heterocycles. The van der Waals surface area contributed by atoms with Gasteiger partial charge in [0.05, 0.1) is 28.3 Å². The number of fused-ring (bicyclic) bond motifs is 4. The third kappa shape index (κ3) is 3.85. The van der Waals surface area contributed by atoms with E-state index in [0.29, 0.717) is 18.4 Å². The van der Waals surface area contributed by atoms with Crippen LogP contribution < -0.4 is 10.6 Å². The first-order chi connectivity index (χ1) is 18.0. The predicted octanol–water partition coefficient (Wildman–Crippen LogP) is 4.08. The zero-order valence-corrected chi connectivity index (χ0v) is 21.8. The lowest BCUT2D eigenvalue weighted by Gasteiger charge is -2.25. The second kappa shape index (κ2) is 8.67. The zero-order valence-electron chi connectivity index (χ0n) is 21.8. The van der Waals surface area contributed by atoms with E-state index in [9.17, 15) is 4.79 Å². The molecule has 8 nitrogen and oxygen atoms in total. The monoisotopic (exact) mass is 498 g/mol. The quantitative estimate of drug-likeness (QED) is 0.533. The van der Waals surface area contributed by atoms with E-state index in [2.05, 4.69) is 47.8 Å². The van der Waals surface area contributed by atoms with Crippen LogP contribution in [0.1, 0.15) is 69.5 Å². The van der Waals surface area contributed by atoms with Crippen molar-refractivity contribution in [1.82, 2.24) is 25.0 Å². The van der Waals surface area contributed by atoms with Crippen molar-refractivity contribution in [3.63, 3.8) is 0 Å². The molecule has 2 N–H and O–H groups in total. The maximum absolute atomic E-state index is 13.1. The average molecular weight is 499 g/mol. The molecule has 3 aromatic rings. The summed E-state index contributed by atoms with van der Waals surface area (Å²) in [6.07, 6.45) is 4.43. The van der Waals surface area contributed by atoms with E-state index < -0.39 is 0 Å². The molecule has 4 aliphatic rings. The zero-order chi connectivity index (χ0) is 25.3. The molecule has 1 saturated heterocycles. The van der Waals surface area contributed by atoms with Crippen molar-refractivity contribution in [2.75, 3.05) is 32.6 Å². The van der Waals surface area contributed by atoms with Gasteiger partial charge in [-0.25, -0.2) is 4.98 Å². The highest BCUT2D eigenvalue weighted by atomic mass is 16.5. The molecule has 2 unspecified atom stereocenters. The van der Waals surface area contributed by atoms with Gasteiger partial charge in [-0.1, -0.05) is 12.1 Å². The summed E-state index contributed by atoms with van der Waals surface area (Å²) in [6, 6.07) is 8.46. The molecule has 8 heteroatoms. The van der Waals surface area contributed by atoms with Crippen LogP contribution in [-0.4, -0.2) is 52.9 Å². The number of aryl methyl sites for hydroxylation is 1. The van der Waals surface area contributed by atoms with E-state index in [1.54, 1.807) is 0 Å². The first-order valence-corrected chi connectivity index (χ1v) is 13.5. The number of pyridine rings is 1. The molecule has 0 radical (unpaired) electrons. The van der Waals surface area contributed by atoms with Crippen LogP contribution >= 0.6 is 0 Å². The number of benzene rings is 1. The van der Waals surface area contributed by atoms with Gasteiger partial charge in [-0.15, -0.1) is 0 Å². The summed E-state index contributed by atoms with van der Waals surface area (Å²) in [5.74, 6) is 2.63. The van der Waals surface area contributed by atoms with Gasteiger partial charge in [-0.3, -0.25) is 9.48 Å². The van der Waals surface area contributed by atoms with Gasteiger partial charge in [-0.05, 0) is 80.8 Å². The maximum atomic E-state index is 13.1. The fourth-order valence-corrected chi connectivity index (χ4v) is 6.73. The molecule has 2 aliphatic heterocycles. The Morgan fingerprint density at radius 3 is 2.84 bits per heavy atom. The number of nitrogens with one attached hydrogen (secondary N) is 2. The summed E-state index contributed by atoms with van der Waals surface area (Å²) in [4.78, 5) is 20.3. The molecular formula is C29H34N6O2. The molecule has 37 heavy (non-hydrogen) atoms. The molecule has 4 heterocycles. The SMILES string of the molecule is CN(C)Cc1nc(Nc2ccc(-c3c4c(nn3C)CC3CC43)c3c2C(=O)NC3)ccc1C1CCOCC1. The number of ether oxygens (including phenoxy) is 1. The first-order valence-electron chi connectivity index (χ1n) is 13.5. The molecule has 2 aliphatic carbocycles. The lowest BCUT2D eigenvalue weighted by atomic mass is 9.90. The topological polar surface area (TPSA) is 84.3 Å². The Morgan fingerprint density at radius 2 is 2.03 bits per heavy atom. The average Bonchev–Trinajstić information content (AvgIpc) is 3.19. The van der Waals surface area contributed by atoms with Crippen LogP contribution in [0.2, 0.25) is 0 Å². The fourth-order valence-electron chi connectivity index (χ4n) is 6.73. The number of hydrogen-bond acceptors (Lipinski definition) is 6. The Hall–Kier alpha value is -3.23. The van der Waals surface area contributed by atoms with Gasteiger partial charge in [0.15, 0.2) is 0 Å². The van der Waals surface area contributed by atoms with Crippen LogP contribution in [0.5, 0.6) is 0 Å². The summed E-state index contributed by atoms with van der Waals surface area (Å²) in [6.45, 7) is 2.92. The lowest BCUT2D eigenvalue weighted by Crippen LogP contribution is -2.19. The van der Waals surface area contributed by atoms with E-state index in [0.717, 1.165) is 78.8 Å². The first kappa shape index (κ1) is 22.9. The number of amides is 1. The normalized spacial score (nSPS) is 22.1. The number of aromatic nitrogens is 3. The number of carbonyl (C=O) groups is 1. The van der Waals surface area contributed by atoms with Gasteiger partial charge < -0.3 is 20.3 Å². The van der Waals surface area contributed by atoms with E-state index >= 15 is 0 Å². The van der Waals surface area contributed by atoms with Crippen molar-refractivity contribution in [2.45, 2.75) is 50.6 Å². The van der Waals surface area contributed by atoms with E-state index in [1.165, 1.54) is 28.9 Å². The van der Waals surface area contributed by atoms with Crippen molar-refractivity contribution < 1.29 is 9.53 Å². The highest BCUT2D eigenvalue weighted by Crippen LogP contribution is 2.58. The van der Waals surface area contributed by atoms with Crippen LogP contribution in [0, 0.1) is 5.92 Å². The second-order valence-electron chi connectivity index (χ2n) is 11.3. The minimum atomic E-state index is -0.0326. The van der Waals surface area contributed by atoms with Crippen molar-refractivity contribution in [3.05, 3.63) is 57.9 Å².